The van der Waals surface area contributed by atoms with E-state index in [-0.39, 0.29) is 12.3 Å². The number of hydrogen-bond acceptors (Lipinski definition) is 2. The Morgan fingerprint density at radius 3 is 2.50 bits per heavy atom. The van der Waals surface area contributed by atoms with Gasteiger partial charge < -0.3 is 10.4 Å². The van der Waals surface area contributed by atoms with Crippen molar-refractivity contribution < 1.29 is 14.7 Å². The number of benzene rings is 1. The van der Waals surface area contributed by atoms with Crippen LogP contribution in [0.1, 0.15) is 47.2 Å². The number of carbonyl (C=O) groups is 2. The van der Waals surface area contributed by atoms with Crippen molar-refractivity contribution in [2.75, 3.05) is 0 Å². The molecule has 108 valence electrons. The summed E-state index contributed by atoms with van der Waals surface area (Å²) < 4.78 is 0. The Labute approximate surface area is 123 Å². The second-order valence-corrected chi connectivity index (χ2v) is 5.91. The molecule has 1 aliphatic rings. The van der Waals surface area contributed by atoms with Gasteiger partial charge in [0.1, 0.15) is 0 Å². The molecule has 0 saturated heterocycles. The second kappa shape index (κ2) is 5.44. The Hall–Kier alpha value is -1.55. The predicted octanol–water partition coefficient (Wildman–Crippen LogP) is 3.08. The maximum absolute atomic E-state index is 12.3. The zero-order valence-corrected chi connectivity index (χ0v) is 12.4. The fourth-order valence-electron chi connectivity index (χ4n) is 2.50. The molecular weight excluding hydrogens is 278 g/mol. The van der Waals surface area contributed by atoms with Crippen molar-refractivity contribution in [1.82, 2.24) is 5.32 Å². The number of carboxylic acid groups (broad SMARTS) is 1. The highest BCUT2D eigenvalue weighted by atomic mass is 35.5. The molecule has 1 fully saturated rings. The van der Waals surface area contributed by atoms with Crippen LogP contribution in [0.25, 0.3) is 0 Å². The summed E-state index contributed by atoms with van der Waals surface area (Å²) in [5, 5.41) is 12.3. The lowest BCUT2D eigenvalue weighted by molar-refractivity contribution is -0.139. The summed E-state index contributed by atoms with van der Waals surface area (Å²) in [6, 6.07) is 3.54. The van der Waals surface area contributed by atoms with E-state index in [1.807, 2.05) is 19.9 Å². The van der Waals surface area contributed by atoms with Gasteiger partial charge in [0, 0.05) is 0 Å². The van der Waals surface area contributed by atoms with E-state index in [4.69, 9.17) is 16.7 Å². The molecule has 2 rings (SSSR count). The molecule has 0 heterocycles. The molecule has 1 aliphatic carbocycles. The third-order valence-corrected chi connectivity index (χ3v) is 4.57. The smallest absolute Gasteiger partial charge is 0.305 e. The van der Waals surface area contributed by atoms with Crippen LogP contribution in [0.15, 0.2) is 12.1 Å². The molecule has 1 aromatic rings. The van der Waals surface area contributed by atoms with E-state index in [2.05, 4.69) is 5.32 Å². The second-order valence-electron chi connectivity index (χ2n) is 5.53. The lowest BCUT2D eigenvalue weighted by Gasteiger charge is -2.41. The van der Waals surface area contributed by atoms with Gasteiger partial charge in [-0.3, -0.25) is 9.59 Å². The lowest BCUT2D eigenvalue weighted by Crippen LogP contribution is -2.54. The van der Waals surface area contributed by atoms with Gasteiger partial charge in [0.15, 0.2) is 0 Å². The number of aliphatic carboxylic acids is 1. The lowest BCUT2D eigenvalue weighted by atomic mass is 9.74. The number of carbonyl (C=O) groups excluding carboxylic acids is 1. The monoisotopic (exact) mass is 295 g/mol. The van der Waals surface area contributed by atoms with Crippen LogP contribution in [0.5, 0.6) is 0 Å². The highest BCUT2D eigenvalue weighted by Crippen LogP contribution is 2.35. The van der Waals surface area contributed by atoms with Crippen LogP contribution >= 0.6 is 11.6 Å². The number of amides is 1. The third-order valence-electron chi connectivity index (χ3n) is 4.08. The molecule has 0 atom stereocenters. The van der Waals surface area contributed by atoms with Gasteiger partial charge in [0.25, 0.3) is 5.91 Å². The summed E-state index contributed by atoms with van der Waals surface area (Å²) >= 11 is 6.21. The SMILES string of the molecule is Cc1ccc(C(=O)NC2(CC(=O)O)CCC2)c(Cl)c1C. The van der Waals surface area contributed by atoms with E-state index < -0.39 is 11.5 Å². The fraction of sp³-hybridized carbons (Fsp3) is 0.467. The van der Waals surface area contributed by atoms with Crippen LogP contribution in [0.3, 0.4) is 0 Å². The number of nitrogens with one attached hydrogen (secondary N) is 1. The summed E-state index contributed by atoms with van der Waals surface area (Å²) in [7, 11) is 0. The zero-order chi connectivity index (χ0) is 14.9. The molecule has 0 aromatic heterocycles. The first-order valence-corrected chi connectivity index (χ1v) is 7.02. The fourth-order valence-corrected chi connectivity index (χ4v) is 2.80. The van der Waals surface area contributed by atoms with Crippen molar-refractivity contribution in [1.29, 1.82) is 0 Å². The molecule has 20 heavy (non-hydrogen) atoms. The number of rotatable bonds is 4. The number of hydrogen-bond donors (Lipinski definition) is 2. The van der Waals surface area contributed by atoms with E-state index in [1.54, 1.807) is 6.07 Å². The van der Waals surface area contributed by atoms with Gasteiger partial charge >= 0.3 is 5.97 Å². The molecule has 2 N–H and O–H groups in total. The molecule has 0 unspecified atom stereocenters. The normalized spacial score (nSPS) is 16.4. The molecule has 4 nitrogen and oxygen atoms in total. The van der Waals surface area contributed by atoms with Gasteiger partial charge in [-0.25, -0.2) is 0 Å². The maximum atomic E-state index is 12.3. The first kappa shape index (κ1) is 14.9. The van der Waals surface area contributed by atoms with Crippen molar-refractivity contribution in [3.8, 4) is 0 Å². The molecule has 0 aliphatic heterocycles. The minimum Gasteiger partial charge on any atom is -0.481 e. The Bertz CT molecular complexity index is 564. The minimum absolute atomic E-state index is 0.0405. The minimum atomic E-state index is -0.892. The van der Waals surface area contributed by atoms with Gasteiger partial charge in [-0.1, -0.05) is 17.7 Å². The summed E-state index contributed by atoms with van der Waals surface area (Å²) in [6.07, 6.45) is 2.30. The maximum Gasteiger partial charge on any atom is 0.305 e. The highest BCUT2D eigenvalue weighted by molar-refractivity contribution is 6.34. The van der Waals surface area contributed by atoms with Crippen LogP contribution in [0.2, 0.25) is 5.02 Å². The number of carboxylic acids is 1. The van der Waals surface area contributed by atoms with E-state index >= 15 is 0 Å². The first-order valence-electron chi connectivity index (χ1n) is 6.65. The topological polar surface area (TPSA) is 66.4 Å². The molecule has 0 bridgehead atoms. The Morgan fingerprint density at radius 2 is 2.00 bits per heavy atom. The van der Waals surface area contributed by atoms with Crippen LogP contribution in [-0.2, 0) is 4.79 Å². The number of halogens is 1. The van der Waals surface area contributed by atoms with Gasteiger partial charge in [0.05, 0.1) is 22.5 Å². The van der Waals surface area contributed by atoms with E-state index in [0.29, 0.717) is 23.4 Å². The van der Waals surface area contributed by atoms with E-state index in [0.717, 1.165) is 17.5 Å². The third kappa shape index (κ3) is 2.80. The molecule has 1 aromatic carbocycles. The van der Waals surface area contributed by atoms with E-state index in [9.17, 15) is 9.59 Å². The average Bonchev–Trinajstić information content (AvgIpc) is 2.32. The Morgan fingerprint density at radius 1 is 1.35 bits per heavy atom. The van der Waals surface area contributed by atoms with Gasteiger partial charge in [-0.2, -0.15) is 0 Å². The van der Waals surface area contributed by atoms with Crippen molar-refractivity contribution in [3.05, 3.63) is 33.8 Å². The van der Waals surface area contributed by atoms with Crippen molar-refractivity contribution in [2.45, 2.75) is 45.1 Å². The van der Waals surface area contributed by atoms with Crippen molar-refractivity contribution in [3.63, 3.8) is 0 Å². The van der Waals surface area contributed by atoms with Gasteiger partial charge in [-0.15, -0.1) is 0 Å². The molecule has 0 radical (unpaired) electrons. The van der Waals surface area contributed by atoms with Crippen LogP contribution in [0.4, 0.5) is 0 Å². The summed E-state index contributed by atoms with van der Waals surface area (Å²) in [6.45, 7) is 3.80. The van der Waals surface area contributed by atoms with Crippen molar-refractivity contribution in [2.24, 2.45) is 0 Å². The predicted molar refractivity (Wildman–Crippen MR) is 77.2 cm³/mol. The van der Waals surface area contributed by atoms with Crippen LogP contribution in [0, 0.1) is 13.8 Å². The molecule has 1 amide bonds. The highest BCUT2D eigenvalue weighted by Gasteiger charge is 2.40. The molecule has 5 heteroatoms. The van der Waals surface area contributed by atoms with Gasteiger partial charge in [-0.05, 0) is 50.3 Å². The van der Waals surface area contributed by atoms with Crippen LogP contribution in [-0.4, -0.2) is 22.5 Å². The van der Waals surface area contributed by atoms with Crippen LogP contribution < -0.4 is 5.32 Å². The van der Waals surface area contributed by atoms with Crippen molar-refractivity contribution >= 4 is 23.5 Å². The van der Waals surface area contributed by atoms with Gasteiger partial charge in [0.2, 0.25) is 0 Å². The summed E-state index contributed by atoms with van der Waals surface area (Å²) in [4.78, 5) is 23.2. The number of aryl methyl sites for hydroxylation is 1. The first-order chi connectivity index (χ1) is 9.34. The van der Waals surface area contributed by atoms with E-state index in [1.165, 1.54) is 0 Å². The quantitative estimate of drug-likeness (QED) is 0.897. The Kier molecular flexibility index (Phi) is 4.04. The molecule has 0 spiro atoms. The molecular formula is C15H18ClNO3. The zero-order valence-electron chi connectivity index (χ0n) is 11.6. The Balaban J connectivity index is 2.20. The standard InChI is InChI=1S/C15H18ClNO3/c1-9-4-5-11(13(16)10(9)2)14(20)17-15(6-3-7-15)8-12(18)19/h4-5H,3,6-8H2,1-2H3,(H,17,20)(H,18,19). The summed E-state index contributed by atoms with van der Waals surface area (Å²) in [5.74, 6) is -1.18. The molecule has 1 saturated carbocycles. The largest absolute Gasteiger partial charge is 0.481 e. The average molecular weight is 296 g/mol. The summed E-state index contributed by atoms with van der Waals surface area (Å²) in [5.41, 5.74) is 1.70.